The van der Waals surface area contributed by atoms with Crippen molar-refractivity contribution in [2.75, 3.05) is 11.9 Å². The van der Waals surface area contributed by atoms with Crippen molar-refractivity contribution in [1.29, 1.82) is 0 Å². The average Bonchev–Trinajstić information content (AvgIpc) is 2.72. The third-order valence-corrected chi connectivity index (χ3v) is 3.88. The predicted molar refractivity (Wildman–Crippen MR) is 90.7 cm³/mol. The highest BCUT2D eigenvalue weighted by Crippen LogP contribution is 2.38. The van der Waals surface area contributed by atoms with Crippen LogP contribution in [0.4, 0.5) is 11.4 Å². The molecular formula is C19H15N3. The number of rotatable bonds is 1. The first-order valence-electron chi connectivity index (χ1n) is 7.27. The first-order chi connectivity index (χ1) is 10.8. The zero-order valence-corrected chi connectivity index (χ0v) is 12.3. The molecule has 0 spiro atoms. The SMILES string of the molecule is CN1C(c2ccccc2)=Nc2cccnc2-c2ccccc21. The van der Waals surface area contributed by atoms with Crippen molar-refractivity contribution in [2.45, 2.75) is 0 Å². The Labute approximate surface area is 129 Å². The number of nitrogens with zero attached hydrogens (tertiary/aromatic N) is 3. The largest absolute Gasteiger partial charge is 0.328 e. The Morgan fingerprint density at radius 2 is 1.59 bits per heavy atom. The summed E-state index contributed by atoms with van der Waals surface area (Å²) in [6.07, 6.45) is 1.82. The first-order valence-corrected chi connectivity index (χ1v) is 7.27. The van der Waals surface area contributed by atoms with Crippen LogP contribution < -0.4 is 4.90 Å². The lowest BCUT2D eigenvalue weighted by molar-refractivity contribution is 1.26. The molecule has 3 heteroatoms. The van der Waals surface area contributed by atoms with E-state index in [1.807, 2.05) is 48.7 Å². The van der Waals surface area contributed by atoms with Crippen LogP contribution in [0.25, 0.3) is 11.3 Å². The van der Waals surface area contributed by atoms with E-state index in [9.17, 15) is 0 Å². The molecule has 0 aliphatic carbocycles. The van der Waals surface area contributed by atoms with Gasteiger partial charge in [0, 0.05) is 24.4 Å². The third kappa shape index (κ3) is 1.99. The second-order valence-electron chi connectivity index (χ2n) is 5.25. The minimum atomic E-state index is 0.901. The molecule has 0 bridgehead atoms. The van der Waals surface area contributed by atoms with E-state index in [1.165, 1.54) is 0 Å². The number of fused-ring (bicyclic) bond motifs is 3. The number of aliphatic imine (C=N–C) groups is 1. The van der Waals surface area contributed by atoms with Crippen LogP contribution in [0.3, 0.4) is 0 Å². The van der Waals surface area contributed by atoms with Crippen molar-refractivity contribution >= 4 is 17.2 Å². The second-order valence-corrected chi connectivity index (χ2v) is 5.25. The molecule has 0 N–H and O–H groups in total. The molecule has 106 valence electrons. The van der Waals surface area contributed by atoms with Gasteiger partial charge in [0.1, 0.15) is 5.84 Å². The molecule has 22 heavy (non-hydrogen) atoms. The van der Waals surface area contributed by atoms with Gasteiger partial charge >= 0.3 is 0 Å². The van der Waals surface area contributed by atoms with Crippen molar-refractivity contribution in [3.05, 3.63) is 78.5 Å². The normalized spacial score (nSPS) is 13.0. The fourth-order valence-electron chi connectivity index (χ4n) is 2.81. The summed E-state index contributed by atoms with van der Waals surface area (Å²) in [6, 6.07) is 22.5. The molecule has 0 saturated carbocycles. The van der Waals surface area contributed by atoms with Crippen LogP contribution in [0.2, 0.25) is 0 Å². The van der Waals surface area contributed by atoms with Crippen LogP contribution in [-0.4, -0.2) is 17.9 Å². The Balaban J connectivity index is 2.02. The highest BCUT2D eigenvalue weighted by molar-refractivity contribution is 6.14. The first kappa shape index (κ1) is 12.8. The summed E-state index contributed by atoms with van der Waals surface area (Å²) in [5.41, 5.74) is 5.14. The van der Waals surface area contributed by atoms with E-state index in [-0.39, 0.29) is 0 Å². The van der Waals surface area contributed by atoms with Gasteiger partial charge < -0.3 is 4.90 Å². The van der Waals surface area contributed by atoms with E-state index in [1.54, 1.807) is 0 Å². The summed E-state index contributed by atoms with van der Waals surface area (Å²) in [4.78, 5) is 11.6. The van der Waals surface area contributed by atoms with Crippen molar-refractivity contribution < 1.29 is 0 Å². The Kier molecular flexibility index (Phi) is 2.97. The van der Waals surface area contributed by atoms with Gasteiger partial charge in [-0.25, -0.2) is 4.99 Å². The second kappa shape index (κ2) is 5.11. The van der Waals surface area contributed by atoms with Crippen LogP contribution in [-0.2, 0) is 0 Å². The maximum absolute atomic E-state index is 4.89. The van der Waals surface area contributed by atoms with Crippen molar-refractivity contribution in [3.63, 3.8) is 0 Å². The molecule has 2 heterocycles. The lowest BCUT2D eigenvalue weighted by Gasteiger charge is -2.21. The van der Waals surface area contributed by atoms with Gasteiger partial charge in [0.2, 0.25) is 0 Å². The van der Waals surface area contributed by atoms with Crippen LogP contribution in [0.5, 0.6) is 0 Å². The van der Waals surface area contributed by atoms with Gasteiger partial charge in [-0.05, 0) is 18.2 Å². The maximum atomic E-state index is 4.89. The number of aromatic nitrogens is 1. The Hall–Kier alpha value is -2.94. The number of pyridine rings is 1. The summed E-state index contributed by atoms with van der Waals surface area (Å²) >= 11 is 0. The maximum Gasteiger partial charge on any atom is 0.140 e. The van der Waals surface area contributed by atoms with Gasteiger partial charge in [-0.15, -0.1) is 0 Å². The molecule has 0 fully saturated rings. The van der Waals surface area contributed by atoms with Crippen molar-refractivity contribution in [3.8, 4) is 11.3 Å². The number of benzene rings is 2. The highest BCUT2D eigenvalue weighted by Gasteiger charge is 2.21. The monoisotopic (exact) mass is 285 g/mol. The molecule has 1 aliphatic rings. The zero-order valence-electron chi connectivity index (χ0n) is 12.3. The van der Waals surface area contributed by atoms with E-state index >= 15 is 0 Å². The lowest BCUT2D eigenvalue weighted by atomic mass is 10.1. The molecule has 4 rings (SSSR count). The van der Waals surface area contributed by atoms with Gasteiger partial charge in [-0.1, -0.05) is 48.5 Å². The molecule has 1 aliphatic heterocycles. The minimum absolute atomic E-state index is 0.901. The molecular weight excluding hydrogens is 270 g/mol. The number of hydrogen-bond donors (Lipinski definition) is 0. The molecule has 2 aromatic carbocycles. The quantitative estimate of drug-likeness (QED) is 0.667. The predicted octanol–water partition coefficient (Wildman–Crippen LogP) is 4.28. The van der Waals surface area contributed by atoms with Crippen molar-refractivity contribution in [2.24, 2.45) is 4.99 Å². The van der Waals surface area contributed by atoms with Gasteiger partial charge in [-0.2, -0.15) is 0 Å². The highest BCUT2D eigenvalue weighted by atomic mass is 15.2. The number of para-hydroxylation sites is 1. The van der Waals surface area contributed by atoms with E-state index in [4.69, 9.17) is 4.99 Å². The molecule has 0 radical (unpaired) electrons. The Morgan fingerprint density at radius 1 is 0.818 bits per heavy atom. The van der Waals surface area contributed by atoms with Crippen molar-refractivity contribution in [1.82, 2.24) is 4.98 Å². The standard InChI is InChI=1S/C19H15N3/c1-22-17-12-6-5-10-15(17)18-16(11-7-13-20-18)21-19(22)14-8-3-2-4-9-14/h2-13H,1H3. The summed E-state index contributed by atoms with van der Waals surface area (Å²) in [5.74, 6) is 0.930. The van der Waals surface area contributed by atoms with Crippen LogP contribution >= 0.6 is 0 Å². The van der Waals surface area contributed by atoms with Gasteiger partial charge in [-0.3, -0.25) is 4.98 Å². The molecule has 0 amide bonds. The van der Waals surface area contributed by atoms with Crippen LogP contribution in [0, 0.1) is 0 Å². The zero-order chi connectivity index (χ0) is 14.9. The molecule has 3 aromatic rings. The fourth-order valence-corrected chi connectivity index (χ4v) is 2.81. The van der Waals surface area contributed by atoms with Crippen LogP contribution in [0.1, 0.15) is 5.56 Å². The van der Waals surface area contributed by atoms with E-state index in [2.05, 4.69) is 41.2 Å². The number of amidine groups is 1. The average molecular weight is 285 g/mol. The molecule has 0 unspecified atom stereocenters. The molecule has 0 atom stereocenters. The summed E-state index contributed by atoms with van der Waals surface area (Å²) < 4.78 is 0. The summed E-state index contributed by atoms with van der Waals surface area (Å²) in [5, 5.41) is 0. The molecule has 0 saturated heterocycles. The third-order valence-electron chi connectivity index (χ3n) is 3.88. The van der Waals surface area contributed by atoms with Gasteiger partial charge in [0.25, 0.3) is 0 Å². The van der Waals surface area contributed by atoms with E-state index in [0.717, 1.165) is 34.0 Å². The number of hydrogen-bond acceptors (Lipinski definition) is 3. The van der Waals surface area contributed by atoms with Gasteiger partial charge in [0.05, 0.1) is 17.1 Å². The minimum Gasteiger partial charge on any atom is -0.328 e. The number of anilines is 1. The molecule has 1 aromatic heterocycles. The fraction of sp³-hybridized carbons (Fsp3) is 0.0526. The Bertz CT molecular complexity index is 853. The Morgan fingerprint density at radius 3 is 2.45 bits per heavy atom. The van der Waals surface area contributed by atoms with E-state index in [0.29, 0.717) is 0 Å². The van der Waals surface area contributed by atoms with Crippen LogP contribution in [0.15, 0.2) is 77.9 Å². The lowest BCUT2D eigenvalue weighted by Crippen LogP contribution is -2.26. The summed E-state index contributed by atoms with van der Waals surface area (Å²) in [7, 11) is 2.05. The van der Waals surface area contributed by atoms with Gasteiger partial charge in [0.15, 0.2) is 0 Å². The van der Waals surface area contributed by atoms with E-state index < -0.39 is 0 Å². The smallest absolute Gasteiger partial charge is 0.140 e. The topological polar surface area (TPSA) is 28.5 Å². The summed E-state index contributed by atoms with van der Waals surface area (Å²) in [6.45, 7) is 0. The molecule has 3 nitrogen and oxygen atoms in total.